The Hall–Kier alpha value is -2.82. The van der Waals surface area contributed by atoms with Gasteiger partial charge in [0.05, 0.1) is 13.0 Å². The van der Waals surface area contributed by atoms with Crippen LogP contribution in [0.2, 0.25) is 0 Å². The van der Waals surface area contributed by atoms with E-state index in [1.54, 1.807) is 42.5 Å². The Morgan fingerprint density at radius 2 is 1.59 bits per heavy atom. The first kappa shape index (κ1) is 15.6. The zero-order valence-corrected chi connectivity index (χ0v) is 11.9. The normalized spacial score (nSPS) is 11.5. The maximum Gasteiger partial charge on any atom is 0.330 e. The van der Waals surface area contributed by atoms with Gasteiger partial charge in [0.15, 0.2) is 6.04 Å². The number of ether oxygens (including phenoxy) is 1. The van der Waals surface area contributed by atoms with E-state index in [0.29, 0.717) is 11.3 Å². The maximum atomic E-state index is 11.9. The second-order valence-electron chi connectivity index (χ2n) is 4.66. The van der Waals surface area contributed by atoms with Crippen molar-refractivity contribution in [1.82, 2.24) is 5.32 Å². The van der Waals surface area contributed by atoms with E-state index >= 15 is 0 Å². The molecule has 0 saturated carbocycles. The van der Waals surface area contributed by atoms with Crippen molar-refractivity contribution in [2.75, 3.05) is 6.61 Å². The van der Waals surface area contributed by atoms with Crippen molar-refractivity contribution >= 4 is 11.9 Å². The van der Waals surface area contributed by atoms with E-state index in [0.717, 1.165) is 0 Å². The lowest BCUT2D eigenvalue weighted by Crippen LogP contribution is -2.34. The first-order valence-corrected chi connectivity index (χ1v) is 6.92. The third-order valence-electron chi connectivity index (χ3n) is 3.03. The maximum absolute atomic E-state index is 11.9. The number of benzene rings is 2. The molecule has 1 atom stereocenters. The zero-order valence-electron chi connectivity index (χ0n) is 11.9. The summed E-state index contributed by atoms with van der Waals surface area (Å²) in [7, 11) is 0. The van der Waals surface area contributed by atoms with Crippen molar-refractivity contribution in [2.45, 2.75) is 12.5 Å². The number of hydrogen-bond donors (Lipinski definition) is 2. The summed E-state index contributed by atoms with van der Waals surface area (Å²) in [5.41, 5.74) is 0.535. The topological polar surface area (TPSA) is 75.6 Å². The summed E-state index contributed by atoms with van der Waals surface area (Å²) in [6, 6.07) is 16.7. The highest BCUT2D eigenvalue weighted by Crippen LogP contribution is 2.13. The van der Waals surface area contributed by atoms with Crippen LogP contribution in [0, 0.1) is 0 Å². The SMILES string of the molecule is O=C(CCOc1ccccc1)N[C@H](C(=O)O)c1ccccc1. The van der Waals surface area contributed by atoms with Gasteiger partial charge in [0.2, 0.25) is 5.91 Å². The molecule has 0 fully saturated rings. The number of amides is 1. The van der Waals surface area contributed by atoms with Crippen molar-refractivity contribution in [3.05, 3.63) is 66.2 Å². The predicted molar refractivity (Wildman–Crippen MR) is 81.5 cm³/mol. The van der Waals surface area contributed by atoms with Crippen molar-refractivity contribution in [2.24, 2.45) is 0 Å². The fourth-order valence-corrected chi connectivity index (χ4v) is 1.94. The second kappa shape index (κ2) is 7.83. The molecule has 2 rings (SSSR count). The molecule has 0 saturated heterocycles. The summed E-state index contributed by atoms with van der Waals surface area (Å²) in [6.45, 7) is 0.191. The Bertz CT molecular complexity index is 613. The highest BCUT2D eigenvalue weighted by molar-refractivity contribution is 5.84. The molecule has 0 unspecified atom stereocenters. The van der Waals surface area contributed by atoms with Gasteiger partial charge < -0.3 is 15.2 Å². The van der Waals surface area contributed by atoms with Crippen LogP contribution in [0.1, 0.15) is 18.0 Å². The van der Waals surface area contributed by atoms with Gasteiger partial charge in [0, 0.05) is 0 Å². The first-order valence-electron chi connectivity index (χ1n) is 6.92. The van der Waals surface area contributed by atoms with Gasteiger partial charge in [-0.05, 0) is 17.7 Å². The number of rotatable bonds is 7. The van der Waals surface area contributed by atoms with E-state index in [4.69, 9.17) is 4.74 Å². The number of aliphatic carboxylic acids is 1. The number of hydrogen-bond acceptors (Lipinski definition) is 3. The number of carboxylic acids is 1. The number of para-hydroxylation sites is 1. The molecule has 2 N–H and O–H groups in total. The van der Waals surface area contributed by atoms with Crippen LogP contribution in [0.15, 0.2) is 60.7 Å². The van der Waals surface area contributed by atoms with Gasteiger partial charge in [-0.3, -0.25) is 4.79 Å². The van der Waals surface area contributed by atoms with Gasteiger partial charge in [-0.25, -0.2) is 4.79 Å². The molecule has 1 amide bonds. The van der Waals surface area contributed by atoms with Crippen LogP contribution in [0.25, 0.3) is 0 Å². The number of carbonyl (C=O) groups is 2. The summed E-state index contributed by atoms with van der Waals surface area (Å²) in [6.07, 6.45) is 0.0888. The summed E-state index contributed by atoms with van der Waals surface area (Å²) in [5, 5.41) is 11.7. The van der Waals surface area contributed by atoms with Crippen LogP contribution < -0.4 is 10.1 Å². The quantitative estimate of drug-likeness (QED) is 0.823. The van der Waals surface area contributed by atoms with E-state index in [9.17, 15) is 14.7 Å². The van der Waals surface area contributed by atoms with E-state index in [-0.39, 0.29) is 18.9 Å². The van der Waals surface area contributed by atoms with Crippen LogP contribution in [-0.2, 0) is 9.59 Å². The van der Waals surface area contributed by atoms with Crippen LogP contribution in [0.5, 0.6) is 5.75 Å². The first-order chi connectivity index (χ1) is 10.7. The average Bonchev–Trinajstić information content (AvgIpc) is 2.54. The van der Waals surface area contributed by atoms with Crippen LogP contribution >= 0.6 is 0 Å². The minimum Gasteiger partial charge on any atom is -0.493 e. The Labute approximate surface area is 128 Å². The lowest BCUT2D eigenvalue weighted by molar-refractivity contribution is -0.142. The van der Waals surface area contributed by atoms with Gasteiger partial charge in [0.1, 0.15) is 5.75 Å². The smallest absolute Gasteiger partial charge is 0.330 e. The number of carbonyl (C=O) groups excluding carboxylic acids is 1. The molecule has 5 heteroatoms. The van der Waals surface area contributed by atoms with Crippen molar-refractivity contribution in [3.63, 3.8) is 0 Å². The van der Waals surface area contributed by atoms with E-state index in [1.165, 1.54) is 0 Å². The predicted octanol–water partition coefficient (Wildman–Crippen LogP) is 2.40. The molecule has 0 aliphatic heterocycles. The lowest BCUT2D eigenvalue weighted by Gasteiger charge is -2.15. The molecule has 0 bridgehead atoms. The Morgan fingerprint density at radius 3 is 2.18 bits per heavy atom. The Morgan fingerprint density at radius 1 is 1.00 bits per heavy atom. The minimum absolute atomic E-state index is 0.0888. The molecule has 22 heavy (non-hydrogen) atoms. The lowest BCUT2D eigenvalue weighted by atomic mass is 10.1. The summed E-state index contributed by atoms with van der Waals surface area (Å²) < 4.78 is 5.42. The Kier molecular flexibility index (Phi) is 5.54. The molecule has 0 aromatic heterocycles. The highest BCUT2D eigenvalue weighted by atomic mass is 16.5. The third-order valence-corrected chi connectivity index (χ3v) is 3.03. The molecule has 5 nitrogen and oxygen atoms in total. The molecule has 2 aromatic carbocycles. The average molecular weight is 299 g/mol. The number of carboxylic acid groups (broad SMARTS) is 1. The molecule has 0 aliphatic rings. The zero-order chi connectivity index (χ0) is 15.8. The number of nitrogens with one attached hydrogen (secondary N) is 1. The van der Waals surface area contributed by atoms with E-state index < -0.39 is 12.0 Å². The van der Waals surface area contributed by atoms with Gasteiger partial charge in [-0.1, -0.05) is 48.5 Å². The summed E-state index contributed by atoms with van der Waals surface area (Å²) in [5.74, 6) is -0.788. The van der Waals surface area contributed by atoms with Crippen molar-refractivity contribution in [3.8, 4) is 5.75 Å². The largest absolute Gasteiger partial charge is 0.493 e. The molecule has 114 valence electrons. The standard InChI is InChI=1S/C17H17NO4/c19-15(11-12-22-14-9-5-2-6-10-14)18-16(17(20)21)13-7-3-1-4-8-13/h1-10,16H,11-12H2,(H,18,19)(H,20,21)/t16-/m0/s1. The van der Waals surface area contributed by atoms with E-state index in [1.807, 2.05) is 18.2 Å². The van der Waals surface area contributed by atoms with Crippen LogP contribution in [0.4, 0.5) is 0 Å². The molecular formula is C17H17NO4. The highest BCUT2D eigenvalue weighted by Gasteiger charge is 2.21. The Balaban J connectivity index is 1.85. The fraction of sp³-hybridized carbons (Fsp3) is 0.176. The monoisotopic (exact) mass is 299 g/mol. The molecule has 0 radical (unpaired) electrons. The van der Waals surface area contributed by atoms with Gasteiger partial charge in [-0.15, -0.1) is 0 Å². The van der Waals surface area contributed by atoms with Crippen LogP contribution in [0.3, 0.4) is 0 Å². The third kappa shape index (κ3) is 4.63. The summed E-state index contributed by atoms with van der Waals surface area (Å²) in [4.78, 5) is 23.2. The minimum atomic E-state index is -1.09. The van der Waals surface area contributed by atoms with Gasteiger partial charge >= 0.3 is 5.97 Å². The van der Waals surface area contributed by atoms with Gasteiger partial charge in [0.25, 0.3) is 0 Å². The van der Waals surface area contributed by atoms with Crippen molar-refractivity contribution < 1.29 is 19.4 Å². The molecule has 0 heterocycles. The molecule has 0 aliphatic carbocycles. The van der Waals surface area contributed by atoms with E-state index in [2.05, 4.69) is 5.32 Å². The second-order valence-corrected chi connectivity index (χ2v) is 4.66. The molecular weight excluding hydrogens is 282 g/mol. The molecule has 2 aromatic rings. The van der Waals surface area contributed by atoms with Crippen molar-refractivity contribution in [1.29, 1.82) is 0 Å². The van der Waals surface area contributed by atoms with Gasteiger partial charge in [-0.2, -0.15) is 0 Å². The van der Waals surface area contributed by atoms with Crippen LogP contribution in [-0.4, -0.2) is 23.6 Å². The fourth-order valence-electron chi connectivity index (χ4n) is 1.94. The summed E-state index contributed by atoms with van der Waals surface area (Å²) >= 11 is 0. The molecule has 0 spiro atoms.